The predicted molar refractivity (Wildman–Crippen MR) is 42.3 cm³/mol. The van der Waals surface area contributed by atoms with Crippen LogP contribution in [0.4, 0.5) is 0 Å². The van der Waals surface area contributed by atoms with Crippen LogP contribution in [-0.4, -0.2) is 13.1 Å². The second-order valence-corrected chi connectivity index (χ2v) is 15.8. The molecule has 0 spiro atoms. The fraction of sp³-hybridized carbons (Fsp3) is 0.600. The maximum absolute atomic E-state index is 10.3. The van der Waals surface area contributed by atoms with E-state index in [2.05, 4.69) is 32.0 Å². The number of carbonyl (C=O) groups excluding carboxylic acids is 1. The van der Waals surface area contributed by atoms with E-state index in [4.69, 9.17) is 0 Å². The zero-order valence-corrected chi connectivity index (χ0v) is 11.8. The summed E-state index contributed by atoms with van der Waals surface area (Å²) in [6, 6.07) is 0. The van der Waals surface area contributed by atoms with E-state index in [1.807, 2.05) is 0 Å². The van der Waals surface area contributed by atoms with Crippen molar-refractivity contribution < 1.29 is 22.7 Å². The predicted octanol–water partition coefficient (Wildman–Crippen LogP) is 2.22. The van der Waals surface area contributed by atoms with Crippen molar-refractivity contribution in [3.8, 4) is 0 Å². The standard InChI is InChI=1S/C5H7O2.2BrH.Zn/c1-7-5(6)4-2-3-4;;;/h2-3H2,1H3;2*1H;/q;;;+2/p-2. The first-order valence-corrected chi connectivity index (χ1v) is 16.7. The average Bonchev–Trinajstić information content (AvgIpc) is 2.69. The molecule has 0 heterocycles. The molecule has 0 aromatic carbocycles. The van der Waals surface area contributed by atoms with Gasteiger partial charge < -0.3 is 4.74 Å². The SMILES string of the molecule is COC(=O)[C]1CC1.[Br][Zn][Br]. The maximum atomic E-state index is 10.3. The summed E-state index contributed by atoms with van der Waals surface area (Å²) < 4.78 is 4.40. The molecule has 5 heteroatoms. The van der Waals surface area contributed by atoms with Crippen LogP contribution in [0.25, 0.3) is 0 Å². The molecule has 0 N–H and O–H groups in total. The van der Waals surface area contributed by atoms with Crippen molar-refractivity contribution in [2.24, 2.45) is 0 Å². The Balaban J connectivity index is 0.000000236. The third-order valence-corrected chi connectivity index (χ3v) is 0.974. The van der Waals surface area contributed by atoms with Gasteiger partial charge in [0.25, 0.3) is 0 Å². The zero-order chi connectivity index (χ0) is 7.98. The van der Waals surface area contributed by atoms with E-state index in [0.29, 0.717) is 0 Å². The third kappa shape index (κ3) is 5.81. The molecule has 10 heavy (non-hydrogen) atoms. The summed E-state index contributed by atoms with van der Waals surface area (Å²) in [6.07, 6.45) is 1.90. The quantitative estimate of drug-likeness (QED) is 0.546. The molecule has 0 unspecified atom stereocenters. The van der Waals surface area contributed by atoms with Gasteiger partial charge in [-0.15, -0.1) is 0 Å². The first-order valence-electron chi connectivity index (χ1n) is 2.81. The van der Waals surface area contributed by atoms with Crippen LogP contribution in [0.1, 0.15) is 12.8 Å². The van der Waals surface area contributed by atoms with Gasteiger partial charge in [0.1, 0.15) is 0 Å². The van der Waals surface area contributed by atoms with Crippen LogP contribution < -0.4 is 0 Å². The Hall–Kier alpha value is 1.05. The Bertz CT molecular complexity index is 106. The van der Waals surface area contributed by atoms with Gasteiger partial charge in [-0.3, -0.25) is 4.79 Å². The number of ether oxygens (including phenoxy) is 1. The molecule has 1 radical (unpaired) electrons. The molecular weight excluding hydrogens is 317 g/mol. The van der Waals surface area contributed by atoms with Gasteiger partial charge in [-0.1, -0.05) is 0 Å². The summed E-state index contributed by atoms with van der Waals surface area (Å²) >= 11 is 6.25. The Labute approximate surface area is 81.4 Å². The molecule has 1 saturated carbocycles. The van der Waals surface area contributed by atoms with Gasteiger partial charge in [0, 0.05) is 0 Å². The van der Waals surface area contributed by atoms with Crippen molar-refractivity contribution in [2.45, 2.75) is 12.8 Å². The van der Waals surface area contributed by atoms with E-state index < -0.39 is 0 Å². The molecule has 0 aromatic heterocycles. The molecule has 55 valence electrons. The third-order valence-electron chi connectivity index (χ3n) is 0.974. The van der Waals surface area contributed by atoms with Crippen LogP contribution in [0.3, 0.4) is 0 Å². The summed E-state index contributed by atoms with van der Waals surface area (Å²) in [6.45, 7) is 0. The topological polar surface area (TPSA) is 26.3 Å². The monoisotopic (exact) mass is 321 g/mol. The van der Waals surface area contributed by atoms with E-state index in [0.717, 1.165) is 18.8 Å². The van der Waals surface area contributed by atoms with Gasteiger partial charge in [0.05, 0.1) is 13.0 Å². The Morgan fingerprint density at radius 3 is 2.10 bits per heavy atom. The second-order valence-electron chi connectivity index (χ2n) is 1.70. The molecule has 0 saturated heterocycles. The van der Waals surface area contributed by atoms with E-state index in [9.17, 15) is 4.79 Å². The molecule has 0 bridgehead atoms. The number of hydrogen-bond acceptors (Lipinski definition) is 2. The van der Waals surface area contributed by atoms with E-state index >= 15 is 0 Å². The van der Waals surface area contributed by atoms with Crippen molar-refractivity contribution >= 4 is 33.2 Å². The van der Waals surface area contributed by atoms with Gasteiger partial charge in [-0.25, -0.2) is 0 Å². The summed E-state index contributed by atoms with van der Waals surface area (Å²) in [5.74, 6) is 0.808. The molecule has 0 aliphatic heterocycles. The van der Waals surface area contributed by atoms with Crippen molar-refractivity contribution in [3.05, 3.63) is 5.92 Å². The van der Waals surface area contributed by atoms with E-state index in [-0.39, 0.29) is 19.2 Å². The van der Waals surface area contributed by atoms with Gasteiger partial charge in [0.2, 0.25) is 0 Å². The Kier molecular flexibility index (Phi) is 7.45. The summed E-state index contributed by atoms with van der Waals surface area (Å²) in [7, 11) is 1.41. The van der Waals surface area contributed by atoms with Crippen LogP contribution in [0.5, 0.6) is 0 Å². The molecule has 1 rings (SSSR count). The number of hydrogen-bond donors (Lipinski definition) is 0. The van der Waals surface area contributed by atoms with Gasteiger partial charge in [0.15, 0.2) is 0 Å². The number of esters is 1. The summed E-state index contributed by atoms with van der Waals surface area (Å²) in [5.41, 5.74) is 0. The fourth-order valence-electron chi connectivity index (χ4n) is 0.411. The van der Waals surface area contributed by atoms with Crippen molar-refractivity contribution in [2.75, 3.05) is 7.11 Å². The minimum atomic E-state index is -0.250. The fourth-order valence-corrected chi connectivity index (χ4v) is 0.411. The zero-order valence-electron chi connectivity index (χ0n) is 5.69. The number of rotatable bonds is 1. The van der Waals surface area contributed by atoms with Crippen LogP contribution in [0.15, 0.2) is 0 Å². The van der Waals surface area contributed by atoms with E-state index in [1.165, 1.54) is 7.11 Å². The molecule has 0 amide bonds. The first-order chi connectivity index (χ1) is 4.76. The van der Waals surface area contributed by atoms with Crippen LogP contribution in [-0.2, 0) is 22.7 Å². The normalized spacial score (nSPS) is 14.3. The first kappa shape index (κ1) is 11.1. The van der Waals surface area contributed by atoms with E-state index in [1.54, 1.807) is 0 Å². The van der Waals surface area contributed by atoms with Crippen LogP contribution in [0.2, 0.25) is 0 Å². The van der Waals surface area contributed by atoms with Crippen LogP contribution in [0, 0.1) is 5.92 Å². The van der Waals surface area contributed by atoms with Gasteiger partial charge in [-0.05, 0) is 12.8 Å². The summed E-state index contributed by atoms with van der Waals surface area (Å²) in [5, 5.41) is 0. The second kappa shape index (κ2) is 6.74. The Morgan fingerprint density at radius 1 is 1.60 bits per heavy atom. The van der Waals surface area contributed by atoms with Crippen molar-refractivity contribution in [3.63, 3.8) is 0 Å². The molecule has 1 aliphatic rings. The van der Waals surface area contributed by atoms with Crippen LogP contribution >= 0.6 is 27.2 Å². The average molecular weight is 324 g/mol. The van der Waals surface area contributed by atoms with Crippen molar-refractivity contribution in [1.82, 2.24) is 0 Å². The minimum absolute atomic E-state index is 0.125. The molecule has 2 nitrogen and oxygen atoms in total. The molecule has 0 atom stereocenters. The molecule has 1 aliphatic carbocycles. The van der Waals surface area contributed by atoms with Gasteiger partial charge in [-0.2, -0.15) is 0 Å². The molecular formula is C5H7Br2O2Zn. The number of halogens is 2. The van der Waals surface area contributed by atoms with Gasteiger partial charge >= 0.3 is 46.4 Å². The summed E-state index contributed by atoms with van der Waals surface area (Å²) in [4.78, 5) is 10.3. The molecule has 0 aromatic rings. The Morgan fingerprint density at radius 2 is 2.00 bits per heavy atom. The number of carbonyl (C=O) groups is 1. The number of methoxy groups -OCH3 is 1. The molecule has 1 fully saturated rings. The van der Waals surface area contributed by atoms with Crippen molar-refractivity contribution in [1.29, 1.82) is 0 Å².